The number of carbonyl (C=O) groups is 1. The van der Waals surface area contributed by atoms with E-state index in [1.54, 1.807) is 0 Å². The van der Waals surface area contributed by atoms with Crippen molar-refractivity contribution in [3.8, 4) is 0 Å². The van der Waals surface area contributed by atoms with Gasteiger partial charge in [-0.1, -0.05) is 19.8 Å². The maximum Gasteiger partial charge on any atom is 0.308 e. The fraction of sp³-hybridized carbons (Fsp3) is 0.909. The molecule has 0 bridgehead atoms. The molecule has 1 rings (SSSR count). The predicted octanol–water partition coefficient (Wildman–Crippen LogP) is 1.61. The molecule has 2 atom stereocenters. The first-order valence-corrected chi connectivity index (χ1v) is 5.71. The standard InChI is InChI=1S/C11H20O4/c1-2-3-4-5-10(13)15-11-7-6-9(12)8-14-11/h9,11-12H,2-8H2,1H3. The first kappa shape index (κ1) is 12.5. The van der Waals surface area contributed by atoms with Crippen molar-refractivity contribution < 1.29 is 19.4 Å². The van der Waals surface area contributed by atoms with Gasteiger partial charge in [-0.3, -0.25) is 4.79 Å². The number of hydrogen-bond acceptors (Lipinski definition) is 4. The molecule has 15 heavy (non-hydrogen) atoms. The Morgan fingerprint density at radius 3 is 2.87 bits per heavy atom. The number of esters is 1. The second kappa shape index (κ2) is 6.80. The molecule has 4 heteroatoms. The Balaban J connectivity index is 2.09. The highest BCUT2D eigenvalue weighted by molar-refractivity contribution is 5.69. The van der Waals surface area contributed by atoms with Gasteiger partial charge in [-0.05, 0) is 12.8 Å². The van der Waals surface area contributed by atoms with Gasteiger partial charge in [0.05, 0.1) is 12.7 Å². The number of hydrogen-bond donors (Lipinski definition) is 1. The van der Waals surface area contributed by atoms with E-state index in [1.165, 1.54) is 0 Å². The average Bonchev–Trinajstić information content (AvgIpc) is 2.22. The van der Waals surface area contributed by atoms with E-state index in [1.807, 2.05) is 0 Å². The zero-order valence-corrected chi connectivity index (χ0v) is 9.28. The van der Waals surface area contributed by atoms with E-state index < -0.39 is 12.4 Å². The van der Waals surface area contributed by atoms with Crippen LogP contribution in [-0.4, -0.2) is 30.1 Å². The number of rotatable bonds is 5. The lowest BCUT2D eigenvalue weighted by atomic mass is 10.1. The topological polar surface area (TPSA) is 55.8 Å². The monoisotopic (exact) mass is 216 g/mol. The normalized spacial score (nSPS) is 26.3. The molecule has 1 N–H and O–H groups in total. The third-order valence-corrected chi connectivity index (χ3v) is 2.46. The van der Waals surface area contributed by atoms with Crippen LogP contribution in [0.2, 0.25) is 0 Å². The zero-order valence-electron chi connectivity index (χ0n) is 9.28. The minimum atomic E-state index is -0.442. The minimum Gasteiger partial charge on any atom is -0.436 e. The number of aliphatic hydroxyl groups is 1. The lowest BCUT2D eigenvalue weighted by Crippen LogP contribution is -2.32. The third kappa shape index (κ3) is 5.14. The van der Waals surface area contributed by atoms with Crippen molar-refractivity contribution >= 4 is 5.97 Å². The highest BCUT2D eigenvalue weighted by Gasteiger charge is 2.22. The molecular formula is C11H20O4. The molecule has 0 saturated carbocycles. The van der Waals surface area contributed by atoms with Gasteiger partial charge in [0.25, 0.3) is 0 Å². The van der Waals surface area contributed by atoms with Gasteiger partial charge < -0.3 is 14.6 Å². The number of carbonyl (C=O) groups excluding carboxylic acids is 1. The van der Waals surface area contributed by atoms with Crippen molar-refractivity contribution in [2.75, 3.05) is 6.61 Å². The molecule has 0 aliphatic carbocycles. The largest absolute Gasteiger partial charge is 0.436 e. The molecule has 1 aliphatic rings. The maximum absolute atomic E-state index is 11.3. The molecule has 0 spiro atoms. The van der Waals surface area contributed by atoms with Crippen molar-refractivity contribution in [1.29, 1.82) is 0 Å². The molecule has 1 heterocycles. The summed E-state index contributed by atoms with van der Waals surface area (Å²) in [5.74, 6) is -0.190. The molecule has 88 valence electrons. The van der Waals surface area contributed by atoms with Crippen LogP contribution in [0.5, 0.6) is 0 Å². The van der Waals surface area contributed by atoms with E-state index in [4.69, 9.17) is 14.6 Å². The van der Waals surface area contributed by atoms with E-state index in [0.29, 0.717) is 19.3 Å². The van der Waals surface area contributed by atoms with Crippen LogP contribution in [0.4, 0.5) is 0 Å². The summed E-state index contributed by atoms with van der Waals surface area (Å²) < 4.78 is 10.3. The summed E-state index contributed by atoms with van der Waals surface area (Å²) in [7, 11) is 0. The molecule has 0 amide bonds. The Morgan fingerprint density at radius 1 is 1.47 bits per heavy atom. The first-order valence-electron chi connectivity index (χ1n) is 5.71. The summed E-state index contributed by atoms with van der Waals surface area (Å²) in [4.78, 5) is 11.3. The molecule has 0 aromatic rings. The van der Waals surface area contributed by atoms with Gasteiger partial charge in [0.1, 0.15) is 0 Å². The van der Waals surface area contributed by atoms with E-state index in [0.717, 1.165) is 19.3 Å². The van der Waals surface area contributed by atoms with Crippen LogP contribution in [-0.2, 0) is 14.3 Å². The van der Waals surface area contributed by atoms with E-state index >= 15 is 0 Å². The van der Waals surface area contributed by atoms with Gasteiger partial charge in [0.15, 0.2) is 0 Å². The summed E-state index contributed by atoms with van der Waals surface area (Å²) in [5, 5.41) is 9.17. The fourth-order valence-electron chi connectivity index (χ4n) is 1.53. The summed E-state index contributed by atoms with van der Waals surface area (Å²) >= 11 is 0. The summed E-state index contributed by atoms with van der Waals surface area (Å²) in [6, 6.07) is 0. The smallest absolute Gasteiger partial charge is 0.308 e. The highest BCUT2D eigenvalue weighted by Crippen LogP contribution is 2.15. The molecule has 2 unspecified atom stereocenters. The molecular weight excluding hydrogens is 196 g/mol. The van der Waals surface area contributed by atoms with Crippen LogP contribution in [0.15, 0.2) is 0 Å². The maximum atomic E-state index is 11.3. The Hall–Kier alpha value is -0.610. The van der Waals surface area contributed by atoms with Gasteiger partial charge in [-0.2, -0.15) is 0 Å². The van der Waals surface area contributed by atoms with Crippen LogP contribution in [0.1, 0.15) is 45.4 Å². The Labute approximate surface area is 90.6 Å². The fourth-order valence-corrected chi connectivity index (χ4v) is 1.53. The van der Waals surface area contributed by atoms with Gasteiger partial charge >= 0.3 is 5.97 Å². The number of aliphatic hydroxyl groups excluding tert-OH is 1. The van der Waals surface area contributed by atoms with Crippen LogP contribution < -0.4 is 0 Å². The van der Waals surface area contributed by atoms with Crippen LogP contribution in [0, 0.1) is 0 Å². The quantitative estimate of drug-likeness (QED) is 0.560. The Kier molecular flexibility index (Phi) is 5.65. The summed E-state index contributed by atoms with van der Waals surface area (Å²) in [6.45, 7) is 2.36. The molecule has 0 aromatic heterocycles. The Morgan fingerprint density at radius 2 is 2.27 bits per heavy atom. The van der Waals surface area contributed by atoms with Crippen LogP contribution in [0.25, 0.3) is 0 Å². The summed E-state index contributed by atoms with van der Waals surface area (Å²) in [6.07, 6.45) is 3.90. The van der Waals surface area contributed by atoms with Gasteiger partial charge in [0.2, 0.25) is 6.29 Å². The van der Waals surface area contributed by atoms with Crippen LogP contribution >= 0.6 is 0 Å². The van der Waals surface area contributed by atoms with Crippen molar-refractivity contribution in [3.05, 3.63) is 0 Å². The third-order valence-electron chi connectivity index (χ3n) is 2.46. The molecule has 0 aromatic carbocycles. The van der Waals surface area contributed by atoms with E-state index in [9.17, 15) is 4.79 Å². The summed E-state index contributed by atoms with van der Waals surface area (Å²) in [5.41, 5.74) is 0. The molecule has 1 fully saturated rings. The van der Waals surface area contributed by atoms with Gasteiger partial charge in [-0.25, -0.2) is 0 Å². The number of unbranched alkanes of at least 4 members (excludes halogenated alkanes) is 2. The van der Waals surface area contributed by atoms with Crippen molar-refractivity contribution in [1.82, 2.24) is 0 Å². The second-order valence-corrected chi connectivity index (χ2v) is 3.94. The first-order chi connectivity index (χ1) is 7.22. The van der Waals surface area contributed by atoms with Crippen LogP contribution in [0.3, 0.4) is 0 Å². The lowest BCUT2D eigenvalue weighted by molar-refractivity contribution is -0.198. The number of ether oxygens (including phenoxy) is 2. The zero-order chi connectivity index (χ0) is 11.1. The Bertz CT molecular complexity index is 185. The highest BCUT2D eigenvalue weighted by atomic mass is 16.7. The van der Waals surface area contributed by atoms with Gasteiger partial charge in [-0.15, -0.1) is 0 Å². The molecule has 1 aliphatic heterocycles. The minimum absolute atomic E-state index is 0.190. The lowest BCUT2D eigenvalue weighted by Gasteiger charge is -2.25. The molecule has 0 radical (unpaired) electrons. The van der Waals surface area contributed by atoms with E-state index in [2.05, 4.69) is 6.92 Å². The SMILES string of the molecule is CCCCCC(=O)OC1CCC(O)CO1. The van der Waals surface area contributed by atoms with Crippen molar-refractivity contribution in [2.24, 2.45) is 0 Å². The van der Waals surface area contributed by atoms with Gasteiger partial charge in [0, 0.05) is 12.8 Å². The van der Waals surface area contributed by atoms with Crippen molar-refractivity contribution in [3.63, 3.8) is 0 Å². The average molecular weight is 216 g/mol. The van der Waals surface area contributed by atoms with E-state index in [-0.39, 0.29) is 12.6 Å². The van der Waals surface area contributed by atoms with Crippen molar-refractivity contribution in [2.45, 2.75) is 57.8 Å². The predicted molar refractivity (Wildman–Crippen MR) is 55.2 cm³/mol. The molecule has 4 nitrogen and oxygen atoms in total. The molecule has 1 saturated heterocycles. The second-order valence-electron chi connectivity index (χ2n) is 3.94.